The molecule has 0 spiro atoms. The van der Waals surface area contributed by atoms with Crippen LogP contribution in [0.5, 0.6) is 0 Å². The monoisotopic (exact) mass is 347 g/mol. The van der Waals surface area contributed by atoms with Crippen molar-refractivity contribution in [1.29, 1.82) is 0 Å². The SMILES string of the molecule is Cc1ncc(S(=O)(=O)NCc2cc(F)ccc2Br)[nH]1. The lowest BCUT2D eigenvalue weighted by molar-refractivity contribution is 0.576. The number of hydrogen-bond acceptors (Lipinski definition) is 3. The Morgan fingerprint density at radius 2 is 2.21 bits per heavy atom. The van der Waals surface area contributed by atoms with Crippen molar-refractivity contribution < 1.29 is 12.8 Å². The number of aromatic nitrogens is 2. The molecule has 2 rings (SSSR count). The number of hydrogen-bond donors (Lipinski definition) is 2. The molecule has 5 nitrogen and oxygen atoms in total. The number of halogens is 2. The third-order valence-corrected chi connectivity index (χ3v) is 4.51. The summed E-state index contributed by atoms with van der Waals surface area (Å²) in [5, 5.41) is -0.0162. The second-order valence-electron chi connectivity index (χ2n) is 3.89. The highest BCUT2D eigenvalue weighted by molar-refractivity contribution is 9.10. The number of aromatic amines is 1. The number of rotatable bonds is 4. The molecule has 0 fully saturated rings. The Kier molecular flexibility index (Phi) is 4.02. The zero-order valence-electron chi connectivity index (χ0n) is 9.94. The largest absolute Gasteiger partial charge is 0.332 e. The van der Waals surface area contributed by atoms with Crippen molar-refractivity contribution in [2.75, 3.05) is 0 Å². The molecule has 0 amide bonds. The number of sulfonamides is 1. The lowest BCUT2D eigenvalue weighted by Gasteiger charge is -2.07. The summed E-state index contributed by atoms with van der Waals surface area (Å²) in [6, 6.07) is 4.09. The van der Waals surface area contributed by atoms with Gasteiger partial charge in [-0.05, 0) is 30.7 Å². The Balaban J connectivity index is 2.16. The van der Waals surface area contributed by atoms with Crippen LogP contribution in [0.15, 0.2) is 33.9 Å². The standard InChI is InChI=1S/C11H11BrFN3O2S/c1-7-14-6-11(16-7)19(17,18)15-5-8-4-9(13)2-3-10(8)12/h2-4,6,15H,5H2,1H3,(H,14,16). The van der Waals surface area contributed by atoms with E-state index in [2.05, 4.69) is 30.6 Å². The number of benzene rings is 1. The van der Waals surface area contributed by atoms with E-state index < -0.39 is 15.8 Å². The number of nitrogens with zero attached hydrogens (tertiary/aromatic N) is 1. The van der Waals surface area contributed by atoms with Crippen molar-refractivity contribution >= 4 is 26.0 Å². The van der Waals surface area contributed by atoms with Gasteiger partial charge in [0.2, 0.25) is 0 Å². The Bertz CT molecular complexity index is 700. The molecule has 102 valence electrons. The predicted molar refractivity (Wildman–Crippen MR) is 71.5 cm³/mol. The summed E-state index contributed by atoms with van der Waals surface area (Å²) in [7, 11) is -3.68. The Labute approximate surface area is 118 Å². The molecule has 0 aliphatic heterocycles. The highest BCUT2D eigenvalue weighted by Crippen LogP contribution is 2.18. The van der Waals surface area contributed by atoms with Gasteiger partial charge in [0.1, 0.15) is 11.6 Å². The van der Waals surface area contributed by atoms with Crippen LogP contribution in [-0.4, -0.2) is 18.4 Å². The Morgan fingerprint density at radius 1 is 1.47 bits per heavy atom. The minimum atomic E-state index is -3.68. The minimum Gasteiger partial charge on any atom is -0.332 e. The fourth-order valence-electron chi connectivity index (χ4n) is 1.46. The van der Waals surface area contributed by atoms with Gasteiger partial charge in [-0.3, -0.25) is 0 Å². The molecule has 1 aromatic heterocycles. The third-order valence-electron chi connectivity index (χ3n) is 2.43. The Morgan fingerprint density at radius 3 is 2.84 bits per heavy atom. The van der Waals surface area contributed by atoms with E-state index in [0.717, 1.165) is 0 Å². The predicted octanol–water partition coefficient (Wildman–Crippen LogP) is 2.10. The summed E-state index contributed by atoms with van der Waals surface area (Å²) in [6.45, 7) is 1.64. The zero-order chi connectivity index (χ0) is 14.0. The molecule has 1 aromatic carbocycles. The molecule has 0 radical (unpaired) electrons. The van der Waals surface area contributed by atoms with Gasteiger partial charge in [0.05, 0.1) is 6.20 Å². The summed E-state index contributed by atoms with van der Waals surface area (Å²) in [4.78, 5) is 6.46. The summed E-state index contributed by atoms with van der Waals surface area (Å²) < 4.78 is 39.9. The molecule has 0 aliphatic carbocycles. The van der Waals surface area contributed by atoms with Gasteiger partial charge in [0, 0.05) is 11.0 Å². The van der Waals surface area contributed by atoms with Crippen LogP contribution in [0.4, 0.5) is 4.39 Å². The highest BCUT2D eigenvalue weighted by atomic mass is 79.9. The lowest BCUT2D eigenvalue weighted by atomic mass is 10.2. The molecular formula is C11H11BrFN3O2S. The van der Waals surface area contributed by atoms with Crippen molar-refractivity contribution in [3.63, 3.8) is 0 Å². The second-order valence-corrected chi connectivity index (χ2v) is 6.48. The maximum Gasteiger partial charge on any atom is 0.257 e. The Hall–Kier alpha value is -1.25. The van der Waals surface area contributed by atoms with Crippen LogP contribution in [0.25, 0.3) is 0 Å². The number of nitrogens with one attached hydrogen (secondary N) is 2. The first-order chi connectivity index (χ1) is 8.88. The fourth-order valence-corrected chi connectivity index (χ4v) is 2.83. The van der Waals surface area contributed by atoms with Crippen LogP contribution >= 0.6 is 15.9 Å². The molecule has 0 bridgehead atoms. The van der Waals surface area contributed by atoms with Gasteiger partial charge in [-0.25, -0.2) is 22.5 Å². The summed E-state index contributed by atoms with van der Waals surface area (Å²) in [5.41, 5.74) is 0.514. The van der Waals surface area contributed by atoms with Crippen LogP contribution in [-0.2, 0) is 16.6 Å². The van der Waals surface area contributed by atoms with Crippen molar-refractivity contribution in [1.82, 2.24) is 14.7 Å². The first-order valence-electron chi connectivity index (χ1n) is 5.34. The summed E-state index contributed by atoms with van der Waals surface area (Å²) in [6.07, 6.45) is 1.23. The minimum absolute atomic E-state index is 0.0151. The van der Waals surface area contributed by atoms with Gasteiger partial charge in [0.15, 0.2) is 5.03 Å². The molecule has 19 heavy (non-hydrogen) atoms. The van der Waals surface area contributed by atoms with Crippen molar-refractivity contribution in [2.24, 2.45) is 0 Å². The van der Waals surface area contributed by atoms with Gasteiger partial charge in [-0.2, -0.15) is 0 Å². The normalized spacial score (nSPS) is 11.7. The average Bonchev–Trinajstić information content (AvgIpc) is 2.78. The van der Waals surface area contributed by atoms with E-state index in [4.69, 9.17) is 0 Å². The molecular weight excluding hydrogens is 337 g/mol. The van der Waals surface area contributed by atoms with Gasteiger partial charge < -0.3 is 4.98 Å². The zero-order valence-corrected chi connectivity index (χ0v) is 12.3. The van der Waals surface area contributed by atoms with E-state index in [1.54, 1.807) is 6.92 Å². The summed E-state index contributed by atoms with van der Waals surface area (Å²) >= 11 is 3.24. The van der Waals surface area contributed by atoms with Crippen LogP contribution < -0.4 is 4.72 Å². The van der Waals surface area contributed by atoms with Crippen LogP contribution in [0.3, 0.4) is 0 Å². The van der Waals surface area contributed by atoms with Crippen LogP contribution in [0.2, 0.25) is 0 Å². The maximum absolute atomic E-state index is 13.1. The van der Waals surface area contributed by atoms with E-state index in [-0.39, 0.29) is 11.6 Å². The molecule has 0 saturated carbocycles. The molecule has 1 heterocycles. The molecule has 0 saturated heterocycles. The summed E-state index contributed by atoms with van der Waals surface area (Å²) in [5.74, 6) is 0.0853. The van der Waals surface area contributed by atoms with Gasteiger partial charge in [0.25, 0.3) is 10.0 Å². The van der Waals surface area contributed by atoms with E-state index in [0.29, 0.717) is 15.9 Å². The lowest BCUT2D eigenvalue weighted by Crippen LogP contribution is -2.23. The number of H-pyrrole nitrogens is 1. The van der Waals surface area contributed by atoms with Crippen molar-refractivity contribution in [3.8, 4) is 0 Å². The highest BCUT2D eigenvalue weighted by Gasteiger charge is 2.16. The van der Waals surface area contributed by atoms with Gasteiger partial charge >= 0.3 is 0 Å². The average molecular weight is 348 g/mol. The molecule has 8 heteroatoms. The quantitative estimate of drug-likeness (QED) is 0.889. The smallest absolute Gasteiger partial charge is 0.257 e. The van der Waals surface area contributed by atoms with Crippen LogP contribution in [0.1, 0.15) is 11.4 Å². The second kappa shape index (κ2) is 5.40. The molecule has 2 N–H and O–H groups in total. The third kappa shape index (κ3) is 3.40. The number of imidazole rings is 1. The maximum atomic E-state index is 13.1. The number of aryl methyl sites for hydroxylation is 1. The van der Waals surface area contributed by atoms with E-state index in [1.807, 2.05) is 0 Å². The fraction of sp³-hybridized carbons (Fsp3) is 0.182. The first-order valence-corrected chi connectivity index (χ1v) is 7.61. The van der Waals surface area contributed by atoms with E-state index >= 15 is 0 Å². The van der Waals surface area contributed by atoms with E-state index in [9.17, 15) is 12.8 Å². The van der Waals surface area contributed by atoms with E-state index in [1.165, 1.54) is 24.4 Å². The van der Waals surface area contributed by atoms with Gasteiger partial charge in [-0.15, -0.1) is 0 Å². The topological polar surface area (TPSA) is 74.8 Å². The van der Waals surface area contributed by atoms with Crippen molar-refractivity contribution in [2.45, 2.75) is 18.5 Å². The first kappa shape index (κ1) is 14.2. The molecule has 0 aliphatic rings. The van der Waals surface area contributed by atoms with Gasteiger partial charge in [-0.1, -0.05) is 15.9 Å². The molecule has 0 atom stereocenters. The van der Waals surface area contributed by atoms with Crippen LogP contribution in [0, 0.1) is 12.7 Å². The molecule has 0 unspecified atom stereocenters. The molecule has 2 aromatic rings. The van der Waals surface area contributed by atoms with Crippen molar-refractivity contribution in [3.05, 3.63) is 46.1 Å².